The van der Waals surface area contributed by atoms with Crippen LogP contribution in [0.3, 0.4) is 0 Å². The molecule has 0 amide bonds. The van der Waals surface area contributed by atoms with Crippen LogP contribution in [0.5, 0.6) is 0 Å². The molecule has 0 aromatic rings. The van der Waals surface area contributed by atoms with Crippen molar-refractivity contribution in [1.82, 2.24) is 0 Å². The molecule has 0 aromatic heterocycles. The molecule has 5 heteroatoms. The highest BCUT2D eigenvalue weighted by atomic mass is 31.2. The maximum absolute atomic E-state index is 10.7. The van der Waals surface area contributed by atoms with Gasteiger partial charge < -0.3 is 15.5 Å². The molecule has 1 rings (SSSR count). The van der Waals surface area contributed by atoms with Crippen LogP contribution in [0.1, 0.15) is 25.7 Å². The number of hydrogen-bond donors (Lipinski definition) is 3. The molecule has 1 unspecified atom stereocenters. The second-order valence-electron chi connectivity index (χ2n) is 3.12. The smallest absolute Gasteiger partial charge is 0.323 e. The van der Waals surface area contributed by atoms with Crippen LogP contribution in [-0.2, 0) is 4.57 Å². The highest BCUT2D eigenvalue weighted by Gasteiger charge is 2.34. The van der Waals surface area contributed by atoms with Crippen LogP contribution < -0.4 is 5.73 Å². The van der Waals surface area contributed by atoms with E-state index in [9.17, 15) is 4.57 Å². The standard InChI is InChI=1S/C6H14NO3P/c7-6(11(8,9)10)5-3-1-2-4-5/h5-6H,1-4,7H2,(H2,8,9,10). The minimum Gasteiger partial charge on any atom is -0.323 e. The SMILES string of the molecule is NC(C1CCCC1)P(=O)(O)O. The van der Waals surface area contributed by atoms with Gasteiger partial charge in [-0.1, -0.05) is 12.8 Å². The molecule has 1 aliphatic carbocycles. The Morgan fingerprint density at radius 3 is 2.18 bits per heavy atom. The Bertz CT molecular complexity index is 173. The quantitative estimate of drug-likeness (QED) is 0.543. The largest absolute Gasteiger partial charge is 0.342 e. The lowest BCUT2D eigenvalue weighted by molar-refractivity contribution is 0.334. The molecule has 0 heterocycles. The molecular weight excluding hydrogens is 165 g/mol. The van der Waals surface area contributed by atoms with Gasteiger partial charge >= 0.3 is 7.60 Å². The van der Waals surface area contributed by atoms with Crippen LogP contribution in [0.2, 0.25) is 0 Å². The highest BCUT2D eigenvalue weighted by molar-refractivity contribution is 7.52. The summed E-state index contributed by atoms with van der Waals surface area (Å²) < 4.78 is 10.7. The van der Waals surface area contributed by atoms with Crippen molar-refractivity contribution < 1.29 is 14.4 Å². The number of nitrogens with two attached hydrogens (primary N) is 1. The van der Waals surface area contributed by atoms with Gasteiger partial charge in [-0.3, -0.25) is 4.57 Å². The minimum absolute atomic E-state index is 0.0378. The van der Waals surface area contributed by atoms with E-state index in [0.717, 1.165) is 25.7 Å². The summed E-state index contributed by atoms with van der Waals surface area (Å²) in [6.07, 6.45) is 3.84. The summed E-state index contributed by atoms with van der Waals surface area (Å²) >= 11 is 0. The third kappa shape index (κ3) is 2.27. The molecule has 4 N–H and O–H groups in total. The van der Waals surface area contributed by atoms with E-state index >= 15 is 0 Å². The lowest BCUT2D eigenvalue weighted by atomic mass is 10.1. The Morgan fingerprint density at radius 1 is 1.36 bits per heavy atom. The maximum Gasteiger partial charge on any atom is 0.342 e. The van der Waals surface area contributed by atoms with Crippen LogP contribution in [0.4, 0.5) is 0 Å². The molecule has 0 radical (unpaired) electrons. The first-order valence-corrected chi connectivity index (χ1v) is 5.51. The van der Waals surface area contributed by atoms with Gasteiger partial charge in [0.15, 0.2) is 0 Å². The Kier molecular flexibility index (Phi) is 2.70. The predicted octanol–water partition coefficient (Wildman–Crippen LogP) is 0.639. The van der Waals surface area contributed by atoms with E-state index in [1.165, 1.54) is 0 Å². The number of rotatable bonds is 2. The third-order valence-corrected chi connectivity index (χ3v) is 3.47. The lowest BCUT2D eigenvalue weighted by Gasteiger charge is -2.19. The first-order valence-electron chi connectivity index (χ1n) is 3.82. The first kappa shape index (κ1) is 9.20. The van der Waals surface area contributed by atoms with E-state index in [2.05, 4.69) is 0 Å². The van der Waals surface area contributed by atoms with Gasteiger partial charge in [0, 0.05) is 0 Å². The van der Waals surface area contributed by atoms with Gasteiger partial charge in [0.2, 0.25) is 0 Å². The molecule has 1 fully saturated rings. The highest BCUT2D eigenvalue weighted by Crippen LogP contribution is 2.46. The van der Waals surface area contributed by atoms with Crippen LogP contribution in [0, 0.1) is 5.92 Å². The Morgan fingerprint density at radius 2 is 1.82 bits per heavy atom. The Hall–Kier alpha value is 0.110. The molecule has 0 aliphatic heterocycles. The monoisotopic (exact) mass is 179 g/mol. The normalized spacial score (nSPS) is 23.9. The summed E-state index contributed by atoms with van der Waals surface area (Å²) in [5, 5.41) is 0. The van der Waals surface area contributed by atoms with Crippen LogP contribution in [0.25, 0.3) is 0 Å². The van der Waals surface area contributed by atoms with Gasteiger partial charge in [0.05, 0.1) is 0 Å². The molecule has 1 atom stereocenters. The summed E-state index contributed by atoms with van der Waals surface area (Å²) in [5.74, 6) is -0.888. The molecule has 0 bridgehead atoms. The summed E-state index contributed by atoms with van der Waals surface area (Å²) in [5.41, 5.74) is 5.39. The van der Waals surface area contributed by atoms with E-state index in [-0.39, 0.29) is 5.92 Å². The molecule has 1 saturated carbocycles. The minimum atomic E-state index is -4.03. The summed E-state index contributed by atoms with van der Waals surface area (Å²) in [6, 6.07) is 0. The molecular formula is C6H14NO3P. The van der Waals surface area contributed by atoms with Crippen molar-refractivity contribution in [2.75, 3.05) is 0 Å². The zero-order valence-corrected chi connectivity index (χ0v) is 7.20. The zero-order valence-electron chi connectivity index (χ0n) is 6.31. The van der Waals surface area contributed by atoms with Crippen molar-refractivity contribution in [2.24, 2.45) is 11.7 Å². The van der Waals surface area contributed by atoms with Crippen LogP contribution >= 0.6 is 7.60 Å². The Labute approximate surface area is 65.9 Å². The zero-order chi connectivity index (χ0) is 8.48. The van der Waals surface area contributed by atoms with Crippen molar-refractivity contribution in [2.45, 2.75) is 31.5 Å². The topological polar surface area (TPSA) is 83.6 Å². The van der Waals surface area contributed by atoms with E-state index in [1.54, 1.807) is 0 Å². The van der Waals surface area contributed by atoms with E-state index in [0.29, 0.717) is 0 Å². The fourth-order valence-electron chi connectivity index (χ4n) is 1.57. The molecule has 66 valence electrons. The average Bonchev–Trinajstić information content (AvgIpc) is 2.34. The molecule has 0 saturated heterocycles. The van der Waals surface area contributed by atoms with Crippen molar-refractivity contribution in [1.29, 1.82) is 0 Å². The molecule has 0 aromatic carbocycles. The summed E-state index contributed by atoms with van der Waals surface area (Å²) in [6.45, 7) is 0. The second-order valence-corrected chi connectivity index (χ2v) is 4.90. The van der Waals surface area contributed by atoms with Gasteiger partial charge in [-0.25, -0.2) is 0 Å². The summed E-state index contributed by atoms with van der Waals surface area (Å²) in [4.78, 5) is 17.5. The van der Waals surface area contributed by atoms with E-state index in [1.807, 2.05) is 0 Å². The van der Waals surface area contributed by atoms with Crippen molar-refractivity contribution in [3.63, 3.8) is 0 Å². The van der Waals surface area contributed by atoms with Gasteiger partial charge in [-0.05, 0) is 18.8 Å². The molecule has 1 aliphatic rings. The van der Waals surface area contributed by atoms with Crippen LogP contribution in [0.15, 0.2) is 0 Å². The average molecular weight is 179 g/mol. The van der Waals surface area contributed by atoms with Gasteiger partial charge in [-0.2, -0.15) is 0 Å². The predicted molar refractivity (Wildman–Crippen MR) is 42.0 cm³/mol. The van der Waals surface area contributed by atoms with Gasteiger partial charge in [0.1, 0.15) is 5.78 Å². The number of hydrogen-bond acceptors (Lipinski definition) is 2. The maximum atomic E-state index is 10.7. The summed E-state index contributed by atoms with van der Waals surface area (Å²) in [7, 11) is -4.03. The van der Waals surface area contributed by atoms with Gasteiger partial charge in [-0.15, -0.1) is 0 Å². The second kappa shape index (κ2) is 3.23. The Balaban J connectivity index is 2.53. The molecule has 4 nitrogen and oxygen atoms in total. The van der Waals surface area contributed by atoms with Crippen LogP contribution in [-0.4, -0.2) is 15.6 Å². The van der Waals surface area contributed by atoms with Crippen molar-refractivity contribution in [3.8, 4) is 0 Å². The fourth-order valence-corrected chi connectivity index (χ4v) is 2.42. The molecule has 11 heavy (non-hydrogen) atoms. The first-order chi connectivity index (χ1) is 5.02. The van der Waals surface area contributed by atoms with E-state index < -0.39 is 13.4 Å². The van der Waals surface area contributed by atoms with Crippen molar-refractivity contribution >= 4 is 7.60 Å². The molecule has 0 spiro atoms. The fraction of sp³-hybridized carbons (Fsp3) is 1.00. The van der Waals surface area contributed by atoms with Gasteiger partial charge in [0.25, 0.3) is 0 Å². The van der Waals surface area contributed by atoms with E-state index in [4.69, 9.17) is 15.5 Å². The third-order valence-electron chi connectivity index (χ3n) is 2.27. The lowest BCUT2D eigenvalue weighted by Crippen LogP contribution is -2.27. The van der Waals surface area contributed by atoms with Crippen molar-refractivity contribution in [3.05, 3.63) is 0 Å².